The molecule has 0 radical (unpaired) electrons. The van der Waals surface area contributed by atoms with E-state index in [-0.39, 0.29) is 0 Å². The molecule has 5 nitrogen and oxygen atoms in total. The molecule has 0 aliphatic carbocycles. The Hall–Kier alpha value is -1.66. The first-order valence-electron chi connectivity index (χ1n) is 4.08. The van der Waals surface area contributed by atoms with Gasteiger partial charge in [0.25, 0.3) is 0 Å². The molecule has 0 amide bonds. The van der Waals surface area contributed by atoms with Crippen LogP contribution in [0.25, 0.3) is 5.69 Å². The van der Waals surface area contributed by atoms with Gasteiger partial charge >= 0.3 is 7.12 Å². The molecule has 2 aromatic rings. The number of hydrogen-bond donors (Lipinski definition) is 2. The Bertz CT molecular complexity index is 399. The maximum absolute atomic E-state index is 8.87. The van der Waals surface area contributed by atoms with Crippen LogP contribution in [0.1, 0.15) is 0 Å². The summed E-state index contributed by atoms with van der Waals surface area (Å²) in [6, 6.07) is 6.80. The Labute approximate surface area is 80.8 Å². The Morgan fingerprint density at radius 3 is 2.07 bits per heavy atom. The van der Waals surface area contributed by atoms with E-state index >= 15 is 0 Å². The lowest BCUT2D eigenvalue weighted by Crippen LogP contribution is -2.29. The van der Waals surface area contributed by atoms with E-state index in [0.29, 0.717) is 5.46 Å². The molecule has 2 N–H and O–H groups in total. The van der Waals surface area contributed by atoms with E-state index in [1.54, 1.807) is 41.5 Å². The molecular weight excluding hydrogens is 181 g/mol. The van der Waals surface area contributed by atoms with Crippen molar-refractivity contribution in [3.05, 3.63) is 36.9 Å². The lowest BCUT2D eigenvalue weighted by molar-refractivity contribution is 0.426. The average molecular weight is 189 g/mol. The Morgan fingerprint density at radius 1 is 1.00 bits per heavy atom. The van der Waals surface area contributed by atoms with Crippen LogP contribution in [0.4, 0.5) is 0 Å². The van der Waals surface area contributed by atoms with E-state index in [4.69, 9.17) is 10.0 Å². The molecule has 6 heteroatoms. The van der Waals surface area contributed by atoms with E-state index in [1.165, 1.54) is 0 Å². The van der Waals surface area contributed by atoms with Crippen LogP contribution in [0.2, 0.25) is 0 Å². The van der Waals surface area contributed by atoms with Gasteiger partial charge in [-0.05, 0) is 17.6 Å². The lowest BCUT2D eigenvalue weighted by atomic mass is 9.80. The molecule has 0 aliphatic heterocycles. The fraction of sp³-hybridized carbons (Fsp3) is 0. The van der Waals surface area contributed by atoms with Crippen LogP contribution in [0, 0.1) is 0 Å². The second-order valence-electron chi connectivity index (χ2n) is 2.83. The van der Waals surface area contributed by atoms with Crippen molar-refractivity contribution in [1.82, 2.24) is 14.8 Å². The highest BCUT2D eigenvalue weighted by Crippen LogP contribution is 2.03. The van der Waals surface area contributed by atoms with Crippen LogP contribution in [0.15, 0.2) is 36.9 Å². The van der Waals surface area contributed by atoms with E-state index in [2.05, 4.69) is 10.2 Å². The minimum absolute atomic E-state index is 0.460. The highest BCUT2D eigenvalue weighted by Gasteiger charge is 2.09. The summed E-state index contributed by atoms with van der Waals surface area (Å²) in [6.45, 7) is 0. The highest BCUT2D eigenvalue weighted by molar-refractivity contribution is 6.58. The maximum Gasteiger partial charge on any atom is 0.488 e. The van der Waals surface area contributed by atoms with Crippen LogP contribution in [-0.4, -0.2) is 31.9 Å². The van der Waals surface area contributed by atoms with Crippen molar-refractivity contribution in [2.24, 2.45) is 0 Å². The average Bonchev–Trinajstić information content (AvgIpc) is 2.71. The molecule has 0 saturated carbocycles. The Balaban J connectivity index is 2.31. The summed E-state index contributed by atoms with van der Waals surface area (Å²) >= 11 is 0. The van der Waals surface area contributed by atoms with Gasteiger partial charge in [-0.25, -0.2) is 0 Å². The van der Waals surface area contributed by atoms with E-state index < -0.39 is 7.12 Å². The molecule has 2 rings (SSSR count). The van der Waals surface area contributed by atoms with Gasteiger partial charge in [-0.2, -0.15) is 0 Å². The molecule has 0 spiro atoms. The molecule has 1 aromatic carbocycles. The molecule has 14 heavy (non-hydrogen) atoms. The quantitative estimate of drug-likeness (QED) is 0.591. The maximum atomic E-state index is 8.87. The summed E-state index contributed by atoms with van der Waals surface area (Å²) in [7, 11) is -1.43. The molecular formula is C8H8BN3O2. The van der Waals surface area contributed by atoms with Crippen LogP contribution in [0.5, 0.6) is 0 Å². The second kappa shape index (κ2) is 3.61. The number of hydrogen-bond acceptors (Lipinski definition) is 4. The second-order valence-corrected chi connectivity index (χ2v) is 2.83. The van der Waals surface area contributed by atoms with Crippen LogP contribution >= 0.6 is 0 Å². The zero-order valence-electron chi connectivity index (χ0n) is 7.28. The minimum Gasteiger partial charge on any atom is -0.423 e. The summed E-state index contributed by atoms with van der Waals surface area (Å²) in [6.07, 6.45) is 3.15. The van der Waals surface area contributed by atoms with E-state index in [1.807, 2.05) is 0 Å². The number of nitrogens with zero attached hydrogens (tertiary/aromatic N) is 3. The van der Waals surface area contributed by atoms with E-state index in [9.17, 15) is 0 Å². The lowest BCUT2D eigenvalue weighted by Gasteiger charge is -2.02. The molecule has 0 saturated heterocycles. The van der Waals surface area contributed by atoms with Gasteiger partial charge in [0.1, 0.15) is 12.7 Å². The highest BCUT2D eigenvalue weighted by atomic mass is 16.4. The third-order valence-electron chi connectivity index (χ3n) is 1.91. The van der Waals surface area contributed by atoms with Gasteiger partial charge < -0.3 is 10.0 Å². The van der Waals surface area contributed by atoms with Gasteiger partial charge in [-0.1, -0.05) is 12.1 Å². The predicted octanol–water partition coefficient (Wildman–Crippen LogP) is -1.05. The van der Waals surface area contributed by atoms with Gasteiger partial charge in [-0.15, -0.1) is 10.2 Å². The molecule has 0 aliphatic rings. The SMILES string of the molecule is OB(O)c1ccc(-n2cnnc2)cc1. The fourth-order valence-electron chi connectivity index (χ4n) is 1.15. The third kappa shape index (κ3) is 1.66. The topological polar surface area (TPSA) is 71.2 Å². The van der Waals surface area contributed by atoms with Crippen molar-refractivity contribution in [2.75, 3.05) is 0 Å². The Kier molecular flexibility index (Phi) is 2.30. The normalized spacial score (nSPS) is 10.1. The zero-order valence-corrected chi connectivity index (χ0v) is 7.28. The van der Waals surface area contributed by atoms with E-state index in [0.717, 1.165) is 5.69 Å². The molecule has 70 valence electrons. The van der Waals surface area contributed by atoms with Crippen LogP contribution in [-0.2, 0) is 0 Å². The van der Waals surface area contributed by atoms with Gasteiger partial charge in [0, 0.05) is 5.69 Å². The zero-order chi connectivity index (χ0) is 9.97. The molecule has 0 unspecified atom stereocenters. The van der Waals surface area contributed by atoms with Gasteiger partial charge in [-0.3, -0.25) is 4.57 Å². The number of aromatic nitrogens is 3. The van der Waals surface area contributed by atoms with Crippen molar-refractivity contribution < 1.29 is 10.0 Å². The molecule has 0 atom stereocenters. The molecule has 1 aromatic heterocycles. The van der Waals surface area contributed by atoms with Crippen LogP contribution < -0.4 is 5.46 Å². The fourth-order valence-corrected chi connectivity index (χ4v) is 1.15. The third-order valence-corrected chi connectivity index (χ3v) is 1.91. The summed E-state index contributed by atoms with van der Waals surface area (Å²) < 4.78 is 1.73. The smallest absolute Gasteiger partial charge is 0.423 e. The van der Waals surface area contributed by atoms with Crippen molar-refractivity contribution >= 4 is 12.6 Å². The summed E-state index contributed by atoms with van der Waals surface area (Å²) in [4.78, 5) is 0. The summed E-state index contributed by atoms with van der Waals surface area (Å²) in [5.74, 6) is 0. The van der Waals surface area contributed by atoms with Gasteiger partial charge in [0.15, 0.2) is 0 Å². The largest absolute Gasteiger partial charge is 0.488 e. The minimum atomic E-state index is -1.43. The Morgan fingerprint density at radius 2 is 1.57 bits per heavy atom. The number of rotatable bonds is 2. The summed E-state index contributed by atoms with van der Waals surface area (Å²) in [5, 5.41) is 25.1. The molecule has 0 bridgehead atoms. The first-order chi connectivity index (χ1) is 6.77. The monoisotopic (exact) mass is 189 g/mol. The number of benzene rings is 1. The van der Waals surface area contributed by atoms with Crippen molar-refractivity contribution in [3.8, 4) is 5.69 Å². The first kappa shape index (κ1) is 8.92. The van der Waals surface area contributed by atoms with Gasteiger partial charge in [0.05, 0.1) is 0 Å². The van der Waals surface area contributed by atoms with Gasteiger partial charge in [0.2, 0.25) is 0 Å². The molecule has 0 fully saturated rings. The van der Waals surface area contributed by atoms with Crippen LogP contribution in [0.3, 0.4) is 0 Å². The van der Waals surface area contributed by atoms with Crippen molar-refractivity contribution in [3.63, 3.8) is 0 Å². The standard InChI is InChI=1S/C8H8BN3O2/c13-9(14)7-1-3-8(4-2-7)12-5-10-11-6-12/h1-6,13-14H. The van der Waals surface area contributed by atoms with Crippen molar-refractivity contribution in [1.29, 1.82) is 0 Å². The first-order valence-corrected chi connectivity index (χ1v) is 4.08. The molecule has 1 heterocycles. The predicted molar refractivity (Wildman–Crippen MR) is 51.2 cm³/mol. The van der Waals surface area contributed by atoms with Crippen molar-refractivity contribution in [2.45, 2.75) is 0 Å². The summed E-state index contributed by atoms with van der Waals surface area (Å²) in [5.41, 5.74) is 1.33.